The smallest absolute Gasteiger partial charge is 0.275 e. The maximum atomic E-state index is 13.2. The number of nitrogens with two attached hydrogens (primary N) is 1. The summed E-state index contributed by atoms with van der Waals surface area (Å²) in [4.78, 5) is 15.9. The van der Waals surface area contributed by atoms with E-state index in [2.05, 4.69) is 22.1 Å². The highest BCUT2D eigenvalue weighted by Gasteiger charge is 2.11. The van der Waals surface area contributed by atoms with Gasteiger partial charge in [-0.2, -0.15) is 0 Å². The van der Waals surface area contributed by atoms with E-state index in [1.807, 2.05) is 0 Å². The van der Waals surface area contributed by atoms with Crippen molar-refractivity contribution in [3.8, 4) is 11.8 Å². The van der Waals surface area contributed by atoms with Crippen LogP contribution >= 0.6 is 0 Å². The number of anilines is 1. The van der Waals surface area contributed by atoms with Gasteiger partial charge in [-0.15, -0.1) is 0 Å². The van der Waals surface area contributed by atoms with Gasteiger partial charge in [-0.25, -0.2) is 9.37 Å². The summed E-state index contributed by atoms with van der Waals surface area (Å²) in [5.74, 6) is 4.54. The second-order valence-corrected chi connectivity index (χ2v) is 4.07. The molecule has 1 aromatic carbocycles. The molecular weight excluding hydrogens is 259 g/mol. The van der Waals surface area contributed by atoms with Crippen molar-refractivity contribution >= 4 is 11.6 Å². The number of amides is 1. The van der Waals surface area contributed by atoms with Gasteiger partial charge in [-0.1, -0.05) is 11.8 Å². The molecule has 0 bridgehead atoms. The van der Waals surface area contributed by atoms with Crippen LogP contribution in [0.4, 0.5) is 10.1 Å². The van der Waals surface area contributed by atoms with Gasteiger partial charge in [0.1, 0.15) is 11.5 Å². The Hall–Kier alpha value is -2.65. The minimum atomic E-state index is -0.429. The third kappa shape index (κ3) is 3.22. The molecule has 20 heavy (non-hydrogen) atoms. The highest BCUT2D eigenvalue weighted by molar-refractivity contribution is 6.03. The Morgan fingerprint density at radius 2 is 2.35 bits per heavy atom. The Bertz CT molecular complexity index is 697. The van der Waals surface area contributed by atoms with Gasteiger partial charge in [-0.3, -0.25) is 4.79 Å². The zero-order valence-corrected chi connectivity index (χ0v) is 10.9. The lowest BCUT2D eigenvalue weighted by Crippen LogP contribution is -2.13. The molecule has 1 heterocycles. The molecule has 1 amide bonds. The van der Waals surface area contributed by atoms with Crippen LogP contribution in [0.2, 0.25) is 0 Å². The number of rotatable bonds is 2. The Labute approximate surface area is 115 Å². The van der Waals surface area contributed by atoms with Crippen LogP contribution in [0.15, 0.2) is 30.7 Å². The summed E-state index contributed by atoms with van der Waals surface area (Å²) in [6.07, 6.45) is 3.11. The van der Waals surface area contributed by atoms with Crippen LogP contribution < -0.4 is 11.1 Å². The van der Waals surface area contributed by atoms with E-state index in [0.29, 0.717) is 11.3 Å². The van der Waals surface area contributed by atoms with E-state index in [-0.39, 0.29) is 18.1 Å². The quantitative estimate of drug-likeness (QED) is 0.805. The predicted octanol–water partition coefficient (Wildman–Crippen LogP) is 1.12. The summed E-state index contributed by atoms with van der Waals surface area (Å²) >= 11 is 0. The van der Waals surface area contributed by atoms with Crippen LogP contribution in [0.25, 0.3) is 0 Å². The number of carbonyl (C=O) groups is 1. The van der Waals surface area contributed by atoms with Gasteiger partial charge in [0, 0.05) is 13.2 Å². The summed E-state index contributed by atoms with van der Waals surface area (Å²) < 4.78 is 14.9. The molecule has 2 aromatic rings. The van der Waals surface area contributed by atoms with E-state index in [1.54, 1.807) is 17.8 Å². The minimum absolute atomic E-state index is 0.157. The molecule has 0 aliphatic rings. The first-order chi connectivity index (χ1) is 9.60. The first-order valence-electron chi connectivity index (χ1n) is 5.88. The van der Waals surface area contributed by atoms with Crippen LogP contribution in [-0.4, -0.2) is 22.0 Å². The SMILES string of the molecule is Cn1cnc(C(=O)Nc2ccc(F)cc2C#CCN)c1. The molecule has 0 saturated heterocycles. The van der Waals surface area contributed by atoms with Crippen molar-refractivity contribution in [1.29, 1.82) is 0 Å². The predicted molar refractivity (Wildman–Crippen MR) is 73.5 cm³/mol. The van der Waals surface area contributed by atoms with Gasteiger partial charge < -0.3 is 15.6 Å². The fourth-order valence-electron chi connectivity index (χ4n) is 1.59. The van der Waals surface area contributed by atoms with Gasteiger partial charge in [0.15, 0.2) is 0 Å². The standard InChI is InChI=1S/C14H13FN4O/c1-19-8-13(17-9-19)14(20)18-12-5-4-11(15)7-10(12)3-2-6-16/h4-5,7-9H,6,16H2,1H3,(H,18,20). The van der Waals surface area contributed by atoms with Gasteiger partial charge in [0.2, 0.25) is 0 Å². The molecule has 0 spiro atoms. The molecule has 0 fully saturated rings. The highest BCUT2D eigenvalue weighted by atomic mass is 19.1. The highest BCUT2D eigenvalue weighted by Crippen LogP contribution is 2.16. The number of carbonyl (C=O) groups excluding carboxylic acids is 1. The fraction of sp³-hybridized carbons (Fsp3) is 0.143. The molecular formula is C14H13FN4O. The number of aryl methyl sites for hydroxylation is 1. The molecule has 0 aliphatic heterocycles. The van der Waals surface area contributed by atoms with Crippen LogP contribution in [0.3, 0.4) is 0 Å². The van der Waals surface area contributed by atoms with Crippen LogP contribution in [0.1, 0.15) is 16.1 Å². The van der Waals surface area contributed by atoms with Crippen molar-refractivity contribution < 1.29 is 9.18 Å². The molecule has 0 radical (unpaired) electrons. The average molecular weight is 272 g/mol. The lowest BCUT2D eigenvalue weighted by atomic mass is 10.1. The van der Waals surface area contributed by atoms with E-state index in [1.165, 1.54) is 24.5 Å². The molecule has 1 aromatic heterocycles. The van der Waals surface area contributed by atoms with Gasteiger partial charge in [-0.05, 0) is 18.2 Å². The van der Waals surface area contributed by atoms with Crippen molar-refractivity contribution in [3.63, 3.8) is 0 Å². The van der Waals surface area contributed by atoms with Gasteiger partial charge in [0.05, 0.1) is 24.1 Å². The van der Waals surface area contributed by atoms with E-state index in [0.717, 1.165) is 0 Å². The second-order valence-electron chi connectivity index (χ2n) is 4.07. The van der Waals surface area contributed by atoms with Crippen molar-refractivity contribution in [3.05, 3.63) is 47.8 Å². The number of hydrogen-bond acceptors (Lipinski definition) is 3. The summed E-state index contributed by atoms with van der Waals surface area (Å²) in [6.45, 7) is 0.157. The molecule has 0 aliphatic carbocycles. The number of halogens is 1. The van der Waals surface area contributed by atoms with Crippen molar-refractivity contribution in [2.24, 2.45) is 12.8 Å². The number of hydrogen-bond donors (Lipinski definition) is 2. The minimum Gasteiger partial charge on any atom is -0.340 e. The van der Waals surface area contributed by atoms with E-state index in [4.69, 9.17) is 5.73 Å². The summed E-state index contributed by atoms with van der Waals surface area (Å²) in [6, 6.07) is 3.95. The van der Waals surface area contributed by atoms with E-state index in [9.17, 15) is 9.18 Å². The topological polar surface area (TPSA) is 72.9 Å². The normalized spacial score (nSPS) is 9.75. The Morgan fingerprint density at radius 3 is 3.00 bits per heavy atom. The molecule has 0 unspecified atom stereocenters. The zero-order chi connectivity index (χ0) is 14.5. The number of imidazole rings is 1. The number of nitrogens with one attached hydrogen (secondary N) is 1. The summed E-state index contributed by atoms with van der Waals surface area (Å²) in [5, 5.41) is 2.65. The average Bonchev–Trinajstić information content (AvgIpc) is 2.85. The lowest BCUT2D eigenvalue weighted by molar-refractivity contribution is 0.102. The lowest BCUT2D eigenvalue weighted by Gasteiger charge is -2.06. The largest absolute Gasteiger partial charge is 0.340 e. The third-order valence-electron chi connectivity index (χ3n) is 2.49. The first-order valence-corrected chi connectivity index (χ1v) is 5.88. The molecule has 3 N–H and O–H groups in total. The van der Waals surface area contributed by atoms with Crippen LogP contribution in [0.5, 0.6) is 0 Å². The van der Waals surface area contributed by atoms with Crippen LogP contribution in [0, 0.1) is 17.7 Å². The van der Waals surface area contributed by atoms with Gasteiger partial charge in [0.25, 0.3) is 5.91 Å². The Kier molecular flexibility index (Phi) is 4.13. The molecule has 2 rings (SSSR count). The number of aromatic nitrogens is 2. The van der Waals surface area contributed by atoms with Crippen molar-refractivity contribution in [2.75, 3.05) is 11.9 Å². The van der Waals surface area contributed by atoms with Crippen molar-refractivity contribution in [2.45, 2.75) is 0 Å². The maximum Gasteiger partial charge on any atom is 0.275 e. The molecule has 0 saturated carbocycles. The zero-order valence-electron chi connectivity index (χ0n) is 10.9. The first kappa shape index (κ1) is 13.8. The fourth-order valence-corrected chi connectivity index (χ4v) is 1.59. The summed E-state index contributed by atoms with van der Waals surface area (Å²) in [5.41, 5.74) is 6.36. The third-order valence-corrected chi connectivity index (χ3v) is 2.49. The molecule has 0 atom stereocenters. The van der Waals surface area contributed by atoms with Crippen molar-refractivity contribution in [1.82, 2.24) is 9.55 Å². The molecule has 102 valence electrons. The monoisotopic (exact) mass is 272 g/mol. The molecule has 6 heteroatoms. The van der Waals surface area contributed by atoms with Crippen LogP contribution in [-0.2, 0) is 7.05 Å². The Balaban J connectivity index is 2.26. The number of benzene rings is 1. The molecule has 5 nitrogen and oxygen atoms in total. The van der Waals surface area contributed by atoms with E-state index < -0.39 is 5.82 Å². The van der Waals surface area contributed by atoms with Gasteiger partial charge >= 0.3 is 0 Å². The Morgan fingerprint density at radius 1 is 1.55 bits per heavy atom. The summed E-state index contributed by atoms with van der Waals surface area (Å²) in [7, 11) is 1.76. The number of nitrogens with zero attached hydrogens (tertiary/aromatic N) is 2. The maximum absolute atomic E-state index is 13.2. The second kappa shape index (κ2) is 5.99. The van der Waals surface area contributed by atoms with E-state index >= 15 is 0 Å².